The van der Waals surface area contributed by atoms with E-state index in [1.54, 1.807) is 18.2 Å². The lowest BCUT2D eigenvalue weighted by atomic mass is 10.1. The van der Waals surface area contributed by atoms with Crippen molar-refractivity contribution in [2.75, 3.05) is 12.4 Å². The highest BCUT2D eigenvalue weighted by molar-refractivity contribution is 6.04. The Bertz CT molecular complexity index is 671. The maximum absolute atomic E-state index is 13.9. The normalized spacial score (nSPS) is 10.3. The molecule has 0 radical (unpaired) electrons. The molecule has 0 aliphatic carbocycles. The number of carbonyl (C=O) groups excluding carboxylic acids is 1. The summed E-state index contributed by atoms with van der Waals surface area (Å²) in [5.41, 5.74) is 1.98. The molecule has 0 aliphatic rings. The highest BCUT2D eigenvalue weighted by atomic mass is 19.1. The number of aliphatic hydroxyl groups is 1. The van der Waals surface area contributed by atoms with Crippen molar-refractivity contribution in [2.45, 2.75) is 13.5 Å². The van der Waals surface area contributed by atoms with E-state index in [0.29, 0.717) is 17.0 Å². The largest absolute Gasteiger partial charge is 0.497 e. The zero-order chi connectivity index (χ0) is 15.4. The van der Waals surface area contributed by atoms with Crippen LogP contribution in [0.4, 0.5) is 10.1 Å². The van der Waals surface area contributed by atoms with Crippen molar-refractivity contribution in [2.24, 2.45) is 0 Å². The SMILES string of the molecule is COc1ccc(C(=O)Nc2cc(CO)ccc2C)c(F)c1. The highest BCUT2D eigenvalue weighted by Crippen LogP contribution is 2.20. The fraction of sp³-hybridized carbons (Fsp3) is 0.188. The summed E-state index contributed by atoms with van der Waals surface area (Å²) in [5, 5.41) is 11.8. The Morgan fingerprint density at radius 1 is 1.29 bits per heavy atom. The van der Waals surface area contributed by atoms with Gasteiger partial charge in [0, 0.05) is 11.8 Å². The van der Waals surface area contributed by atoms with Crippen molar-refractivity contribution < 1.29 is 19.0 Å². The molecule has 0 unspecified atom stereocenters. The Labute approximate surface area is 122 Å². The molecule has 0 atom stereocenters. The van der Waals surface area contributed by atoms with Crippen LogP contribution in [-0.2, 0) is 6.61 Å². The number of ether oxygens (including phenoxy) is 1. The second-order valence-corrected chi connectivity index (χ2v) is 4.61. The Morgan fingerprint density at radius 3 is 2.67 bits per heavy atom. The average molecular weight is 289 g/mol. The first-order valence-corrected chi connectivity index (χ1v) is 6.40. The molecule has 2 N–H and O–H groups in total. The van der Waals surface area contributed by atoms with Gasteiger partial charge in [-0.2, -0.15) is 0 Å². The number of aliphatic hydroxyl groups excluding tert-OH is 1. The van der Waals surface area contributed by atoms with E-state index in [2.05, 4.69) is 5.32 Å². The minimum Gasteiger partial charge on any atom is -0.497 e. The van der Waals surface area contributed by atoms with Crippen molar-refractivity contribution in [1.29, 1.82) is 0 Å². The Morgan fingerprint density at radius 2 is 2.05 bits per heavy atom. The Hall–Kier alpha value is -2.40. The number of aryl methyl sites for hydroxylation is 1. The summed E-state index contributed by atoms with van der Waals surface area (Å²) < 4.78 is 18.8. The number of benzene rings is 2. The third-order valence-corrected chi connectivity index (χ3v) is 3.15. The standard InChI is InChI=1S/C16H16FNO3/c1-10-3-4-11(9-19)7-15(10)18-16(20)13-6-5-12(21-2)8-14(13)17/h3-8,19H,9H2,1-2H3,(H,18,20). The Balaban J connectivity index is 2.26. The summed E-state index contributed by atoms with van der Waals surface area (Å²) in [7, 11) is 1.43. The maximum atomic E-state index is 13.9. The zero-order valence-corrected chi connectivity index (χ0v) is 11.8. The number of halogens is 1. The third kappa shape index (κ3) is 3.38. The predicted molar refractivity (Wildman–Crippen MR) is 78.0 cm³/mol. The van der Waals surface area contributed by atoms with E-state index in [0.717, 1.165) is 11.6 Å². The van der Waals surface area contributed by atoms with E-state index in [4.69, 9.17) is 9.84 Å². The molecule has 0 aliphatic heterocycles. The summed E-state index contributed by atoms with van der Waals surface area (Å²) in [6, 6.07) is 9.26. The Kier molecular flexibility index (Phi) is 4.55. The fourth-order valence-electron chi connectivity index (χ4n) is 1.90. The molecular weight excluding hydrogens is 273 g/mol. The van der Waals surface area contributed by atoms with Gasteiger partial charge < -0.3 is 15.2 Å². The fourth-order valence-corrected chi connectivity index (χ4v) is 1.90. The molecule has 2 aromatic rings. The third-order valence-electron chi connectivity index (χ3n) is 3.15. The van der Waals surface area contributed by atoms with Crippen LogP contribution in [-0.4, -0.2) is 18.1 Å². The molecule has 2 rings (SSSR count). The van der Waals surface area contributed by atoms with Gasteiger partial charge in [0.25, 0.3) is 5.91 Å². The number of anilines is 1. The molecule has 0 bridgehead atoms. The highest BCUT2D eigenvalue weighted by Gasteiger charge is 2.14. The maximum Gasteiger partial charge on any atom is 0.258 e. The van der Waals surface area contributed by atoms with E-state index in [-0.39, 0.29) is 12.2 Å². The van der Waals surface area contributed by atoms with E-state index in [9.17, 15) is 9.18 Å². The van der Waals surface area contributed by atoms with Crippen LogP contribution in [0.25, 0.3) is 0 Å². The second-order valence-electron chi connectivity index (χ2n) is 4.61. The minimum absolute atomic E-state index is 0.0652. The number of hydrogen-bond acceptors (Lipinski definition) is 3. The van der Waals surface area contributed by atoms with Crippen LogP contribution in [0.3, 0.4) is 0 Å². The van der Waals surface area contributed by atoms with Crippen LogP contribution in [0.15, 0.2) is 36.4 Å². The first kappa shape index (κ1) is 15.0. The number of nitrogens with one attached hydrogen (secondary N) is 1. The number of carbonyl (C=O) groups is 1. The topological polar surface area (TPSA) is 58.6 Å². The molecule has 4 nitrogen and oxygen atoms in total. The van der Waals surface area contributed by atoms with Gasteiger partial charge in [-0.15, -0.1) is 0 Å². The second kappa shape index (κ2) is 6.37. The van der Waals surface area contributed by atoms with E-state index < -0.39 is 11.7 Å². The van der Waals surface area contributed by atoms with Crippen LogP contribution in [0.1, 0.15) is 21.5 Å². The molecule has 0 spiro atoms. The molecule has 0 saturated heterocycles. The first-order chi connectivity index (χ1) is 10.0. The average Bonchev–Trinajstić information content (AvgIpc) is 2.49. The van der Waals surface area contributed by atoms with Crippen LogP contribution < -0.4 is 10.1 Å². The summed E-state index contributed by atoms with van der Waals surface area (Å²) >= 11 is 0. The predicted octanol–water partition coefficient (Wildman–Crippen LogP) is 2.89. The van der Waals surface area contributed by atoms with E-state index >= 15 is 0 Å². The molecule has 2 aromatic carbocycles. The number of amides is 1. The van der Waals surface area contributed by atoms with Crippen molar-refractivity contribution in [3.8, 4) is 5.75 Å². The number of hydrogen-bond donors (Lipinski definition) is 2. The molecule has 0 saturated carbocycles. The summed E-state index contributed by atoms with van der Waals surface area (Å²) in [5.74, 6) is -0.848. The van der Waals surface area contributed by atoms with Crippen LogP contribution in [0, 0.1) is 12.7 Å². The monoisotopic (exact) mass is 289 g/mol. The lowest BCUT2D eigenvalue weighted by Gasteiger charge is -2.11. The van der Waals surface area contributed by atoms with Gasteiger partial charge >= 0.3 is 0 Å². The quantitative estimate of drug-likeness (QED) is 0.910. The van der Waals surface area contributed by atoms with Gasteiger partial charge in [-0.1, -0.05) is 12.1 Å². The van der Waals surface area contributed by atoms with Gasteiger partial charge in [0.1, 0.15) is 11.6 Å². The van der Waals surface area contributed by atoms with E-state index in [1.165, 1.54) is 19.2 Å². The van der Waals surface area contributed by atoms with Crippen LogP contribution in [0.5, 0.6) is 5.75 Å². The molecule has 110 valence electrons. The summed E-state index contributed by atoms with van der Waals surface area (Å²) in [6.45, 7) is 1.70. The van der Waals surface area contributed by atoms with E-state index in [1.807, 2.05) is 6.92 Å². The number of methoxy groups -OCH3 is 1. The number of rotatable bonds is 4. The molecule has 0 heterocycles. The van der Waals surface area contributed by atoms with Crippen molar-refractivity contribution in [3.05, 3.63) is 58.9 Å². The van der Waals surface area contributed by atoms with Gasteiger partial charge in [-0.25, -0.2) is 4.39 Å². The van der Waals surface area contributed by atoms with Gasteiger partial charge in [0.15, 0.2) is 0 Å². The van der Waals surface area contributed by atoms with Crippen LogP contribution >= 0.6 is 0 Å². The molecule has 21 heavy (non-hydrogen) atoms. The van der Waals surface area contributed by atoms with Gasteiger partial charge in [0.05, 0.1) is 19.3 Å². The van der Waals surface area contributed by atoms with Crippen molar-refractivity contribution in [1.82, 2.24) is 0 Å². The lowest BCUT2D eigenvalue weighted by molar-refractivity contribution is 0.102. The molecular formula is C16H16FNO3. The molecule has 0 aromatic heterocycles. The lowest BCUT2D eigenvalue weighted by Crippen LogP contribution is -2.14. The summed E-state index contributed by atoms with van der Waals surface area (Å²) in [6.07, 6.45) is 0. The van der Waals surface area contributed by atoms with Crippen molar-refractivity contribution in [3.63, 3.8) is 0 Å². The van der Waals surface area contributed by atoms with Crippen molar-refractivity contribution >= 4 is 11.6 Å². The summed E-state index contributed by atoms with van der Waals surface area (Å²) in [4.78, 5) is 12.1. The first-order valence-electron chi connectivity index (χ1n) is 6.40. The van der Waals surface area contributed by atoms with Crippen LogP contribution in [0.2, 0.25) is 0 Å². The zero-order valence-electron chi connectivity index (χ0n) is 11.8. The minimum atomic E-state index is -0.650. The molecule has 1 amide bonds. The van der Waals surface area contributed by atoms with Gasteiger partial charge in [0.2, 0.25) is 0 Å². The smallest absolute Gasteiger partial charge is 0.258 e. The molecule has 0 fully saturated rings. The van der Waals surface area contributed by atoms with Gasteiger partial charge in [-0.05, 0) is 36.2 Å². The van der Waals surface area contributed by atoms with Gasteiger partial charge in [-0.3, -0.25) is 4.79 Å². The molecule has 5 heteroatoms.